The van der Waals surface area contributed by atoms with Crippen LogP contribution in [0.5, 0.6) is 0 Å². The summed E-state index contributed by atoms with van der Waals surface area (Å²) in [5.74, 6) is 0. The van der Waals surface area contributed by atoms with E-state index in [9.17, 15) is 10.1 Å². The molecule has 1 saturated carbocycles. The lowest BCUT2D eigenvalue weighted by Crippen LogP contribution is -2.58. The number of nitrogens with zero attached hydrogens (tertiary/aromatic N) is 2. The summed E-state index contributed by atoms with van der Waals surface area (Å²) in [6, 6.07) is 3.46. The maximum absolute atomic E-state index is 11.6. The first-order valence-electron chi connectivity index (χ1n) is 9.80. The molecule has 1 saturated heterocycles. The van der Waals surface area contributed by atoms with E-state index in [-0.39, 0.29) is 16.1 Å². The molecule has 4 rings (SSSR count). The van der Waals surface area contributed by atoms with Gasteiger partial charge in [-0.2, -0.15) is 0 Å². The van der Waals surface area contributed by atoms with E-state index in [1.807, 2.05) is 6.07 Å². The van der Waals surface area contributed by atoms with E-state index >= 15 is 0 Å². The minimum absolute atomic E-state index is 0.0880. The molecule has 1 aromatic carbocycles. The van der Waals surface area contributed by atoms with Crippen molar-refractivity contribution in [3.8, 4) is 0 Å². The summed E-state index contributed by atoms with van der Waals surface area (Å²) >= 11 is 0. The number of anilines is 2. The lowest BCUT2D eigenvalue weighted by Gasteiger charge is -2.48. The van der Waals surface area contributed by atoms with E-state index < -0.39 is 0 Å². The highest BCUT2D eigenvalue weighted by atomic mass is 16.6. The molecule has 26 heavy (non-hydrogen) atoms. The number of fused-ring (bicyclic) bond motifs is 1. The van der Waals surface area contributed by atoms with Crippen LogP contribution in [0.4, 0.5) is 17.1 Å². The monoisotopic (exact) mass is 360 g/mol. The number of nitro benzene ring substituents is 1. The number of nitrogens with one attached hydrogen (secondary N) is 2. The van der Waals surface area contributed by atoms with Crippen molar-refractivity contribution >= 4 is 17.1 Å². The number of hydrogen-bond donors (Lipinski definition) is 2. The maximum atomic E-state index is 11.6. The van der Waals surface area contributed by atoms with Crippen LogP contribution < -0.4 is 10.6 Å². The van der Waals surface area contributed by atoms with Crippen molar-refractivity contribution in [2.45, 2.75) is 44.1 Å². The summed E-state index contributed by atoms with van der Waals surface area (Å²) in [7, 11) is 0. The molecular formula is C19H28N4O3. The minimum Gasteiger partial charge on any atom is -0.384 e. The number of ether oxygens (including phenoxy) is 1. The van der Waals surface area contributed by atoms with Gasteiger partial charge in [0, 0.05) is 49.0 Å². The van der Waals surface area contributed by atoms with Gasteiger partial charge in [-0.1, -0.05) is 19.3 Å². The van der Waals surface area contributed by atoms with Crippen molar-refractivity contribution in [1.29, 1.82) is 0 Å². The molecule has 0 bridgehead atoms. The van der Waals surface area contributed by atoms with Crippen molar-refractivity contribution in [3.63, 3.8) is 0 Å². The van der Waals surface area contributed by atoms with Gasteiger partial charge >= 0.3 is 0 Å². The third-order valence-corrected chi connectivity index (χ3v) is 6.24. The molecule has 0 spiro atoms. The van der Waals surface area contributed by atoms with Crippen LogP contribution in [-0.2, 0) is 11.2 Å². The second kappa shape index (κ2) is 7.40. The molecule has 2 heterocycles. The maximum Gasteiger partial charge on any atom is 0.292 e. The number of nitro groups is 1. The second-order valence-electron chi connectivity index (χ2n) is 7.66. The van der Waals surface area contributed by atoms with Crippen LogP contribution in [0.25, 0.3) is 0 Å². The molecule has 2 N–H and O–H groups in total. The first-order valence-corrected chi connectivity index (χ1v) is 9.80. The van der Waals surface area contributed by atoms with Gasteiger partial charge in [-0.05, 0) is 25.3 Å². The molecule has 0 aromatic heterocycles. The highest BCUT2D eigenvalue weighted by molar-refractivity contribution is 5.77. The molecule has 142 valence electrons. The Morgan fingerprint density at radius 3 is 2.73 bits per heavy atom. The zero-order chi connectivity index (χ0) is 18.0. The zero-order valence-electron chi connectivity index (χ0n) is 15.3. The van der Waals surface area contributed by atoms with Crippen LogP contribution in [0.1, 0.15) is 37.7 Å². The summed E-state index contributed by atoms with van der Waals surface area (Å²) in [5.41, 5.74) is 3.09. The number of rotatable bonds is 5. The third-order valence-electron chi connectivity index (χ3n) is 6.24. The van der Waals surface area contributed by atoms with E-state index in [0.29, 0.717) is 0 Å². The number of benzene rings is 1. The molecule has 2 aliphatic heterocycles. The fraction of sp³-hybridized carbons (Fsp3) is 0.684. The summed E-state index contributed by atoms with van der Waals surface area (Å²) in [4.78, 5) is 13.9. The molecule has 0 atom stereocenters. The minimum atomic E-state index is -0.261. The number of morpholine rings is 1. The molecule has 3 aliphatic rings. The van der Waals surface area contributed by atoms with Gasteiger partial charge in [-0.25, -0.2) is 0 Å². The van der Waals surface area contributed by atoms with Gasteiger partial charge in [0.15, 0.2) is 0 Å². The zero-order valence-corrected chi connectivity index (χ0v) is 15.3. The van der Waals surface area contributed by atoms with Crippen molar-refractivity contribution in [1.82, 2.24) is 4.90 Å². The molecule has 0 radical (unpaired) electrons. The normalized spacial score (nSPS) is 22.5. The summed E-state index contributed by atoms with van der Waals surface area (Å²) < 4.78 is 5.55. The summed E-state index contributed by atoms with van der Waals surface area (Å²) in [6.45, 7) is 5.10. The van der Waals surface area contributed by atoms with E-state index in [2.05, 4.69) is 15.5 Å². The first-order chi connectivity index (χ1) is 12.7. The molecule has 1 aliphatic carbocycles. The predicted molar refractivity (Wildman–Crippen MR) is 102 cm³/mol. The third kappa shape index (κ3) is 3.25. The van der Waals surface area contributed by atoms with Gasteiger partial charge in [0.05, 0.1) is 18.1 Å². The van der Waals surface area contributed by atoms with Crippen molar-refractivity contribution in [3.05, 3.63) is 27.8 Å². The Hall–Kier alpha value is -1.86. The van der Waals surface area contributed by atoms with Gasteiger partial charge in [-0.15, -0.1) is 0 Å². The van der Waals surface area contributed by atoms with E-state index in [1.54, 1.807) is 6.07 Å². The Bertz CT molecular complexity index is 667. The average molecular weight is 360 g/mol. The van der Waals surface area contributed by atoms with Crippen molar-refractivity contribution < 1.29 is 9.66 Å². The Morgan fingerprint density at radius 1 is 1.23 bits per heavy atom. The largest absolute Gasteiger partial charge is 0.384 e. The quantitative estimate of drug-likeness (QED) is 0.621. The SMILES string of the molecule is O=[N+]([O-])c1ccc2c(c1NCC1(N3CCOCC3)CCCCC1)CCN2. The highest BCUT2D eigenvalue weighted by Crippen LogP contribution is 2.39. The van der Waals surface area contributed by atoms with Crippen LogP contribution in [0.3, 0.4) is 0 Å². The summed E-state index contributed by atoms with van der Waals surface area (Å²) in [5, 5.41) is 18.4. The molecule has 1 aromatic rings. The van der Waals surface area contributed by atoms with Crippen LogP contribution in [0, 0.1) is 10.1 Å². The Balaban J connectivity index is 1.60. The molecule has 2 fully saturated rings. The van der Waals surface area contributed by atoms with Gasteiger partial charge < -0.3 is 15.4 Å². The Morgan fingerprint density at radius 2 is 2.00 bits per heavy atom. The molecular weight excluding hydrogens is 332 g/mol. The highest BCUT2D eigenvalue weighted by Gasteiger charge is 2.39. The standard InChI is InChI=1S/C19H28N4O3/c24-23(25)17-5-4-16-15(6-9-20-16)18(17)21-14-19(7-2-1-3-8-19)22-10-12-26-13-11-22/h4-5,20-21H,1-3,6-14H2. The molecule has 7 heteroatoms. The van der Waals surface area contributed by atoms with Gasteiger partial charge in [0.2, 0.25) is 0 Å². The van der Waals surface area contributed by atoms with Crippen LogP contribution in [0.15, 0.2) is 12.1 Å². The molecule has 0 amide bonds. The fourth-order valence-corrected chi connectivity index (χ4v) is 4.84. The smallest absolute Gasteiger partial charge is 0.292 e. The van der Waals surface area contributed by atoms with Crippen molar-refractivity contribution in [2.75, 3.05) is 50.0 Å². The van der Waals surface area contributed by atoms with Crippen LogP contribution in [-0.4, -0.2) is 54.8 Å². The van der Waals surface area contributed by atoms with Crippen LogP contribution >= 0.6 is 0 Å². The summed E-state index contributed by atoms with van der Waals surface area (Å²) in [6.07, 6.45) is 6.90. The topological polar surface area (TPSA) is 79.7 Å². The lowest BCUT2D eigenvalue weighted by atomic mass is 9.79. The second-order valence-corrected chi connectivity index (χ2v) is 7.66. The first kappa shape index (κ1) is 17.5. The Labute approximate surface area is 154 Å². The lowest BCUT2D eigenvalue weighted by molar-refractivity contribution is -0.384. The van der Waals surface area contributed by atoms with E-state index in [1.165, 1.54) is 19.3 Å². The van der Waals surface area contributed by atoms with E-state index in [0.717, 1.165) is 75.6 Å². The average Bonchev–Trinajstić information content (AvgIpc) is 3.16. The van der Waals surface area contributed by atoms with Crippen LogP contribution in [0.2, 0.25) is 0 Å². The van der Waals surface area contributed by atoms with Gasteiger partial charge in [-0.3, -0.25) is 15.0 Å². The molecule has 7 nitrogen and oxygen atoms in total. The van der Waals surface area contributed by atoms with E-state index in [4.69, 9.17) is 4.74 Å². The fourth-order valence-electron chi connectivity index (χ4n) is 4.84. The number of hydrogen-bond acceptors (Lipinski definition) is 6. The van der Waals surface area contributed by atoms with Gasteiger partial charge in [0.25, 0.3) is 5.69 Å². The predicted octanol–water partition coefficient (Wildman–Crippen LogP) is 3.01. The van der Waals surface area contributed by atoms with Gasteiger partial charge in [0.1, 0.15) is 5.69 Å². The molecule has 0 unspecified atom stereocenters. The van der Waals surface area contributed by atoms with Crippen molar-refractivity contribution in [2.24, 2.45) is 0 Å². The Kier molecular flexibility index (Phi) is 5.00.